The first-order valence-corrected chi connectivity index (χ1v) is 8.22. The highest BCUT2D eigenvalue weighted by molar-refractivity contribution is 5.58. The topological polar surface area (TPSA) is 112 Å². The standard InChI is InChI=1S/C17H21N3O6/c1-17(2)25-14-12(8-21)24-16(13(19-20-18)15(14)26-17)23-9-10-4-6-11(22-3)7-5-10/h4-8,12-16H,9H2,1-3H3/t12-,13-,14+,15-,16-/m1/s1. The maximum atomic E-state index is 11.4. The van der Waals surface area contributed by atoms with Gasteiger partial charge >= 0.3 is 0 Å². The number of nitrogens with zero attached hydrogens (tertiary/aromatic N) is 3. The molecule has 2 heterocycles. The molecule has 3 rings (SSSR count). The van der Waals surface area contributed by atoms with Crippen LogP contribution in [-0.4, -0.2) is 49.8 Å². The van der Waals surface area contributed by atoms with Crippen LogP contribution < -0.4 is 4.74 Å². The molecule has 26 heavy (non-hydrogen) atoms. The summed E-state index contributed by atoms with van der Waals surface area (Å²) in [5.41, 5.74) is 9.80. The lowest BCUT2D eigenvalue weighted by atomic mass is 9.98. The lowest BCUT2D eigenvalue weighted by Crippen LogP contribution is -2.56. The third kappa shape index (κ3) is 3.82. The predicted molar refractivity (Wildman–Crippen MR) is 89.3 cm³/mol. The number of methoxy groups -OCH3 is 1. The molecule has 2 aliphatic rings. The Morgan fingerprint density at radius 1 is 1.27 bits per heavy atom. The zero-order valence-corrected chi connectivity index (χ0v) is 14.8. The van der Waals surface area contributed by atoms with Gasteiger partial charge in [-0.15, -0.1) is 0 Å². The Balaban J connectivity index is 1.75. The van der Waals surface area contributed by atoms with Crippen LogP contribution in [0.2, 0.25) is 0 Å². The Labute approximate surface area is 150 Å². The van der Waals surface area contributed by atoms with E-state index in [0.717, 1.165) is 11.3 Å². The minimum absolute atomic E-state index is 0.208. The van der Waals surface area contributed by atoms with Crippen molar-refractivity contribution < 1.29 is 28.5 Å². The summed E-state index contributed by atoms with van der Waals surface area (Å²) in [7, 11) is 1.59. The largest absolute Gasteiger partial charge is 0.497 e. The van der Waals surface area contributed by atoms with Gasteiger partial charge in [-0.2, -0.15) is 0 Å². The molecule has 2 aliphatic heterocycles. The average molecular weight is 363 g/mol. The van der Waals surface area contributed by atoms with Crippen LogP contribution in [0.25, 0.3) is 10.4 Å². The SMILES string of the molecule is COc1ccc(CO[C@@H]2O[C@H](C=O)[C@@H]3OC(C)(C)O[C@@H]3[C@H]2N=[N+]=[N-])cc1. The molecule has 0 radical (unpaired) electrons. The molecule has 0 unspecified atom stereocenters. The molecule has 1 aromatic carbocycles. The summed E-state index contributed by atoms with van der Waals surface area (Å²) < 4.78 is 28.2. The van der Waals surface area contributed by atoms with Gasteiger partial charge in [0, 0.05) is 4.91 Å². The number of aldehydes is 1. The van der Waals surface area contributed by atoms with Crippen LogP contribution in [0, 0.1) is 0 Å². The second-order valence-electron chi connectivity index (χ2n) is 6.52. The van der Waals surface area contributed by atoms with E-state index in [1.807, 2.05) is 24.3 Å². The van der Waals surface area contributed by atoms with E-state index in [-0.39, 0.29) is 6.61 Å². The van der Waals surface area contributed by atoms with Crippen molar-refractivity contribution in [2.45, 2.75) is 56.9 Å². The second-order valence-corrected chi connectivity index (χ2v) is 6.52. The number of ether oxygens (including phenoxy) is 5. The summed E-state index contributed by atoms with van der Waals surface area (Å²) in [5, 5.41) is 3.77. The molecular weight excluding hydrogens is 342 g/mol. The fourth-order valence-corrected chi connectivity index (χ4v) is 3.13. The number of carbonyl (C=O) groups is 1. The molecule has 0 spiro atoms. The molecule has 9 nitrogen and oxygen atoms in total. The molecule has 0 aromatic heterocycles. The fourth-order valence-electron chi connectivity index (χ4n) is 3.13. The molecule has 1 aromatic rings. The van der Waals surface area contributed by atoms with Crippen molar-refractivity contribution in [2.75, 3.05) is 7.11 Å². The number of hydrogen-bond donors (Lipinski definition) is 0. The molecule has 2 saturated heterocycles. The Bertz CT molecular complexity index is 688. The average Bonchev–Trinajstić information content (AvgIpc) is 2.96. The Kier molecular flexibility index (Phi) is 5.45. The Hall–Kier alpha value is -2.16. The number of rotatable bonds is 6. The van der Waals surface area contributed by atoms with Gasteiger partial charge in [-0.05, 0) is 37.1 Å². The van der Waals surface area contributed by atoms with E-state index in [1.165, 1.54) is 0 Å². The summed E-state index contributed by atoms with van der Waals surface area (Å²) >= 11 is 0. The van der Waals surface area contributed by atoms with E-state index in [4.69, 9.17) is 29.2 Å². The van der Waals surface area contributed by atoms with Gasteiger partial charge in [0.2, 0.25) is 0 Å². The lowest BCUT2D eigenvalue weighted by molar-refractivity contribution is -0.235. The third-order valence-corrected chi connectivity index (χ3v) is 4.29. The second kappa shape index (κ2) is 7.61. The van der Waals surface area contributed by atoms with E-state index < -0.39 is 36.4 Å². The summed E-state index contributed by atoms with van der Waals surface area (Å²) in [6, 6.07) is 6.55. The van der Waals surface area contributed by atoms with Gasteiger partial charge in [0.05, 0.1) is 13.7 Å². The minimum Gasteiger partial charge on any atom is -0.497 e. The highest BCUT2D eigenvalue weighted by Gasteiger charge is 2.55. The Morgan fingerprint density at radius 2 is 1.96 bits per heavy atom. The van der Waals surface area contributed by atoms with Crippen molar-refractivity contribution in [1.29, 1.82) is 0 Å². The van der Waals surface area contributed by atoms with Crippen LogP contribution in [0.5, 0.6) is 5.75 Å². The fraction of sp³-hybridized carbons (Fsp3) is 0.588. The predicted octanol–water partition coefficient (Wildman–Crippen LogP) is 2.33. The van der Waals surface area contributed by atoms with E-state index in [0.29, 0.717) is 6.29 Å². The van der Waals surface area contributed by atoms with Crippen molar-refractivity contribution in [3.63, 3.8) is 0 Å². The van der Waals surface area contributed by atoms with Crippen LogP contribution in [0.3, 0.4) is 0 Å². The minimum atomic E-state index is -0.929. The van der Waals surface area contributed by atoms with E-state index >= 15 is 0 Å². The smallest absolute Gasteiger partial charge is 0.170 e. The molecule has 0 N–H and O–H groups in total. The molecule has 0 bridgehead atoms. The van der Waals surface area contributed by atoms with E-state index in [1.54, 1.807) is 21.0 Å². The highest BCUT2D eigenvalue weighted by Crippen LogP contribution is 2.38. The van der Waals surface area contributed by atoms with Gasteiger partial charge < -0.3 is 28.5 Å². The molecule has 9 heteroatoms. The number of benzene rings is 1. The highest BCUT2D eigenvalue weighted by atomic mass is 16.8. The molecule has 140 valence electrons. The van der Waals surface area contributed by atoms with Crippen LogP contribution in [-0.2, 0) is 30.3 Å². The van der Waals surface area contributed by atoms with E-state index in [9.17, 15) is 4.79 Å². The van der Waals surface area contributed by atoms with Gasteiger partial charge in [0.15, 0.2) is 18.4 Å². The first-order valence-electron chi connectivity index (χ1n) is 8.22. The quantitative estimate of drug-likeness (QED) is 0.332. The third-order valence-electron chi connectivity index (χ3n) is 4.29. The van der Waals surface area contributed by atoms with Crippen molar-refractivity contribution in [3.8, 4) is 5.75 Å². The normalized spacial score (nSPS) is 32.3. The Morgan fingerprint density at radius 3 is 2.58 bits per heavy atom. The maximum absolute atomic E-state index is 11.4. The van der Waals surface area contributed by atoms with Crippen LogP contribution in [0.4, 0.5) is 0 Å². The molecular formula is C17H21N3O6. The van der Waals surface area contributed by atoms with Crippen molar-refractivity contribution in [1.82, 2.24) is 0 Å². The number of fused-ring (bicyclic) bond motifs is 1. The number of azide groups is 1. The molecule has 2 fully saturated rings. The molecule has 5 atom stereocenters. The van der Waals surface area contributed by atoms with Crippen molar-refractivity contribution in [2.24, 2.45) is 5.11 Å². The van der Waals surface area contributed by atoms with Gasteiger partial charge in [0.25, 0.3) is 0 Å². The molecule has 0 amide bonds. The maximum Gasteiger partial charge on any atom is 0.170 e. The summed E-state index contributed by atoms with van der Waals surface area (Å²) in [4.78, 5) is 14.3. The summed E-state index contributed by atoms with van der Waals surface area (Å²) in [6.07, 6.45) is -2.43. The lowest BCUT2D eigenvalue weighted by Gasteiger charge is -2.38. The van der Waals surface area contributed by atoms with E-state index in [2.05, 4.69) is 10.0 Å². The zero-order chi connectivity index (χ0) is 18.7. The molecule has 0 saturated carbocycles. The molecule has 0 aliphatic carbocycles. The van der Waals surface area contributed by atoms with Crippen LogP contribution >= 0.6 is 0 Å². The zero-order valence-electron chi connectivity index (χ0n) is 14.8. The van der Waals surface area contributed by atoms with Crippen LogP contribution in [0.1, 0.15) is 19.4 Å². The summed E-state index contributed by atoms with van der Waals surface area (Å²) in [6.45, 7) is 3.67. The first kappa shape index (κ1) is 18.6. The van der Waals surface area contributed by atoms with Gasteiger partial charge in [-0.3, -0.25) is 0 Å². The van der Waals surface area contributed by atoms with Crippen molar-refractivity contribution in [3.05, 3.63) is 40.3 Å². The van der Waals surface area contributed by atoms with Crippen molar-refractivity contribution >= 4 is 6.29 Å². The monoisotopic (exact) mass is 363 g/mol. The summed E-state index contributed by atoms with van der Waals surface area (Å²) in [5.74, 6) is -0.175. The van der Waals surface area contributed by atoms with Gasteiger partial charge in [-0.25, -0.2) is 0 Å². The first-order chi connectivity index (χ1) is 12.5. The number of carbonyl (C=O) groups excluding carboxylic acids is 1. The number of hydrogen-bond acceptors (Lipinski definition) is 7. The van der Waals surface area contributed by atoms with Crippen LogP contribution in [0.15, 0.2) is 29.4 Å². The van der Waals surface area contributed by atoms with Gasteiger partial charge in [-0.1, -0.05) is 17.2 Å². The van der Waals surface area contributed by atoms with Gasteiger partial charge in [0.1, 0.15) is 30.1 Å².